The molecule has 0 aliphatic rings. The van der Waals surface area contributed by atoms with Crippen LogP contribution >= 0.6 is 0 Å². The number of hydrogen-bond donors (Lipinski definition) is 1. The Hall–Kier alpha value is -3.48. The molecule has 142 valence electrons. The molecule has 1 N–H and O–H groups in total. The van der Waals surface area contributed by atoms with Crippen LogP contribution in [0.1, 0.15) is 28.9 Å². The minimum atomic E-state index is -1.09. The van der Waals surface area contributed by atoms with Crippen LogP contribution in [-0.4, -0.2) is 27.2 Å². The number of fused-ring (bicyclic) bond motifs is 2. The minimum absolute atomic E-state index is 0.0405. The van der Waals surface area contributed by atoms with Crippen molar-refractivity contribution >= 4 is 22.2 Å². The third kappa shape index (κ3) is 2.85. The van der Waals surface area contributed by atoms with E-state index in [1.54, 1.807) is 26.2 Å². The number of nitrogens with zero attached hydrogens (tertiary/aromatic N) is 2. The fourth-order valence-electron chi connectivity index (χ4n) is 3.38. The molecule has 1 amide bonds. The van der Waals surface area contributed by atoms with Gasteiger partial charge >= 0.3 is 0 Å². The van der Waals surface area contributed by atoms with Gasteiger partial charge in [0.2, 0.25) is 0 Å². The lowest BCUT2D eigenvalue weighted by Crippen LogP contribution is -2.30. The number of nitrogens with one attached hydrogen (secondary N) is 1. The quantitative estimate of drug-likeness (QED) is 0.585. The van der Waals surface area contributed by atoms with Crippen LogP contribution in [-0.2, 0) is 0 Å². The van der Waals surface area contributed by atoms with Gasteiger partial charge in [-0.15, -0.1) is 0 Å². The van der Waals surface area contributed by atoms with Crippen LogP contribution in [0.3, 0.4) is 0 Å². The summed E-state index contributed by atoms with van der Waals surface area (Å²) < 4.78 is 29.2. The first-order valence-corrected chi connectivity index (χ1v) is 8.71. The third-order valence-electron chi connectivity index (χ3n) is 5.08. The lowest BCUT2D eigenvalue weighted by molar-refractivity contribution is 0.0743. The zero-order chi connectivity index (χ0) is 20.0. The Balaban J connectivity index is 1.75. The summed E-state index contributed by atoms with van der Waals surface area (Å²) in [7, 11) is 1.63. The summed E-state index contributed by atoms with van der Waals surface area (Å²) in [6, 6.07) is 8.82. The average Bonchev–Trinajstić information content (AvgIpc) is 3.12. The van der Waals surface area contributed by atoms with Crippen molar-refractivity contribution in [3.8, 4) is 0 Å². The van der Waals surface area contributed by atoms with Gasteiger partial charge in [0.1, 0.15) is 0 Å². The highest BCUT2D eigenvalue weighted by molar-refractivity contribution is 5.96. The molecule has 0 radical (unpaired) electrons. The number of pyridine rings is 2. The molecule has 3 aromatic heterocycles. The van der Waals surface area contributed by atoms with Gasteiger partial charge in [-0.25, -0.2) is 8.78 Å². The molecule has 1 unspecified atom stereocenters. The lowest BCUT2D eigenvalue weighted by atomic mass is 10.0. The summed E-state index contributed by atoms with van der Waals surface area (Å²) in [5, 5.41) is 0.315. The Labute approximate surface area is 158 Å². The lowest BCUT2D eigenvalue weighted by Gasteiger charge is -2.26. The number of halogens is 2. The molecule has 0 aliphatic heterocycles. The number of carbonyl (C=O) groups is 1. The molecule has 0 fully saturated rings. The van der Waals surface area contributed by atoms with Gasteiger partial charge in [0.25, 0.3) is 11.5 Å². The highest BCUT2D eigenvalue weighted by atomic mass is 19.2. The van der Waals surface area contributed by atoms with Crippen molar-refractivity contribution in [2.24, 2.45) is 0 Å². The van der Waals surface area contributed by atoms with E-state index in [2.05, 4.69) is 4.98 Å². The van der Waals surface area contributed by atoms with E-state index in [0.29, 0.717) is 11.1 Å². The molecule has 0 aliphatic carbocycles. The predicted octanol–water partition coefficient (Wildman–Crippen LogP) is 3.89. The first-order valence-electron chi connectivity index (χ1n) is 8.71. The fraction of sp³-hybridized carbons (Fsp3) is 0.143. The van der Waals surface area contributed by atoms with Crippen LogP contribution in [0.5, 0.6) is 0 Å². The van der Waals surface area contributed by atoms with E-state index >= 15 is 0 Å². The summed E-state index contributed by atoms with van der Waals surface area (Å²) >= 11 is 0. The normalized spacial score (nSPS) is 12.4. The maximum atomic E-state index is 13.8. The second kappa shape index (κ2) is 6.60. The molecule has 3 heterocycles. The molecular formula is C21H17F2N3O2. The summed E-state index contributed by atoms with van der Waals surface area (Å²) in [5.74, 6) is -2.36. The van der Waals surface area contributed by atoms with Crippen LogP contribution in [0.15, 0.2) is 59.8 Å². The van der Waals surface area contributed by atoms with Gasteiger partial charge in [-0.2, -0.15) is 0 Å². The van der Waals surface area contributed by atoms with E-state index < -0.39 is 23.2 Å². The summed E-state index contributed by atoms with van der Waals surface area (Å²) in [6.07, 6.45) is 5.02. The van der Waals surface area contributed by atoms with E-state index in [4.69, 9.17) is 0 Å². The Morgan fingerprint density at radius 1 is 1.14 bits per heavy atom. The summed E-state index contributed by atoms with van der Waals surface area (Å²) in [6.45, 7) is 1.77. The average molecular weight is 381 g/mol. The maximum Gasteiger partial charge on any atom is 0.255 e. The van der Waals surface area contributed by atoms with Crippen LogP contribution < -0.4 is 5.56 Å². The van der Waals surface area contributed by atoms with Gasteiger partial charge in [-0.3, -0.25) is 9.59 Å². The van der Waals surface area contributed by atoms with Gasteiger partial charge in [0.05, 0.1) is 17.0 Å². The van der Waals surface area contributed by atoms with Gasteiger partial charge in [0.15, 0.2) is 11.6 Å². The zero-order valence-electron chi connectivity index (χ0n) is 15.2. The molecule has 4 rings (SSSR count). The molecule has 0 spiro atoms. The molecule has 28 heavy (non-hydrogen) atoms. The predicted molar refractivity (Wildman–Crippen MR) is 102 cm³/mol. The highest BCUT2D eigenvalue weighted by Crippen LogP contribution is 2.28. The fourth-order valence-corrected chi connectivity index (χ4v) is 3.38. The van der Waals surface area contributed by atoms with Crippen molar-refractivity contribution in [3.05, 3.63) is 88.1 Å². The first kappa shape index (κ1) is 17.9. The number of H-pyrrole nitrogens is 1. The Morgan fingerprint density at radius 2 is 1.86 bits per heavy atom. The SMILES string of the molecule is CC(c1c[nH]c(=O)c2cc(F)c(F)cc12)N(C)C(=O)c1cc2ccccn2c1. The zero-order valence-corrected chi connectivity index (χ0v) is 15.2. The second-order valence-corrected chi connectivity index (χ2v) is 6.74. The topological polar surface area (TPSA) is 57.6 Å². The van der Waals surface area contributed by atoms with Crippen molar-refractivity contribution < 1.29 is 13.6 Å². The smallest absolute Gasteiger partial charge is 0.255 e. The highest BCUT2D eigenvalue weighted by Gasteiger charge is 2.23. The Kier molecular flexibility index (Phi) is 4.22. The van der Waals surface area contributed by atoms with Crippen LogP contribution in [0.4, 0.5) is 8.78 Å². The van der Waals surface area contributed by atoms with Gasteiger partial charge < -0.3 is 14.3 Å². The molecule has 0 saturated heterocycles. The van der Waals surface area contributed by atoms with Crippen molar-refractivity contribution in [2.75, 3.05) is 7.05 Å². The maximum absolute atomic E-state index is 13.8. The van der Waals surface area contributed by atoms with Crippen molar-refractivity contribution in [1.29, 1.82) is 0 Å². The van der Waals surface area contributed by atoms with Crippen LogP contribution in [0.2, 0.25) is 0 Å². The van der Waals surface area contributed by atoms with Gasteiger partial charge in [-0.05, 0) is 48.2 Å². The molecule has 1 aromatic carbocycles. The number of hydrogen-bond acceptors (Lipinski definition) is 2. The second-order valence-electron chi connectivity index (χ2n) is 6.74. The number of benzene rings is 1. The first-order chi connectivity index (χ1) is 13.4. The van der Waals surface area contributed by atoms with E-state index in [0.717, 1.165) is 17.6 Å². The van der Waals surface area contributed by atoms with Crippen molar-refractivity contribution in [1.82, 2.24) is 14.3 Å². The Bertz CT molecular complexity index is 1240. The largest absolute Gasteiger partial charge is 0.335 e. The molecule has 4 aromatic rings. The van der Waals surface area contributed by atoms with Gasteiger partial charge in [-0.1, -0.05) is 6.07 Å². The van der Waals surface area contributed by atoms with E-state index in [1.807, 2.05) is 28.8 Å². The summed E-state index contributed by atoms with van der Waals surface area (Å²) in [5.41, 5.74) is 1.40. The third-order valence-corrected chi connectivity index (χ3v) is 5.08. The number of rotatable bonds is 3. The monoisotopic (exact) mass is 381 g/mol. The minimum Gasteiger partial charge on any atom is -0.335 e. The summed E-state index contributed by atoms with van der Waals surface area (Å²) in [4.78, 5) is 29.0. The Morgan fingerprint density at radius 3 is 2.57 bits per heavy atom. The molecular weight excluding hydrogens is 364 g/mol. The van der Waals surface area contributed by atoms with Gasteiger partial charge in [0, 0.05) is 31.2 Å². The number of carbonyl (C=O) groups excluding carboxylic acids is 1. The number of aromatic amines is 1. The number of amides is 1. The number of aromatic nitrogens is 2. The molecule has 7 heteroatoms. The van der Waals surface area contributed by atoms with E-state index in [-0.39, 0.29) is 16.7 Å². The van der Waals surface area contributed by atoms with Crippen molar-refractivity contribution in [2.45, 2.75) is 13.0 Å². The standard InChI is InChI=1S/C21H17F2N3O2/c1-12(17-10-24-20(27)16-9-19(23)18(22)8-15(16)17)25(2)21(28)13-7-14-5-3-4-6-26(14)11-13/h3-12H,1-2H3,(H,24,27). The molecule has 0 saturated carbocycles. The molecule has 1 atom stereocenters. The molecule has 0 bridgehead atoms. The van der Waals surface area contributed by atoms with Crippen LogP contribution in [0.25, 0.3) is 16.3 Å². The molecule has 5 nitrogen and oxygen atoms in total. The van der Waals surface area contributed by atoms with E-state index in [1.165, 1.54) is 11.1 Å². The van der Waals surface area contributed by atoms with E-state index in [9.17, 15) is 18.4 Å². The van der Waals surface area contributed by atoms with Crippen LogP contribution in [0, 0.1) is 11.6 Å². The van der Waals surface area contributed by atoms with Crippen molar-refractivity contribution in [3.63, 3.8) is 0 Å².